The molecule has 66 valence electrons. The molecule has 0 unspecified atom stereocenters. The van der Waals surface area contributed by atoms with E-state index in [4.69, 9.17) is 5.11 Å². The van der Waals surface area contributed by atoms with E-state index in [0.717, 1.165) is 6.61 Å². The molecule has 0 amide bonds. The summed E-state index contributed by atoms with van der Waals surface area (Å²) in [6, 6.07) is 8.71. The van der Waals surface area contributed by atoms with Gasteiger partial charge in [-0.15, -0.1) is 0 Å². The Balaban J connectivity index is 0.000000217. The third kappa shape index (κ3) is 6.68. The molecule has 0 saturated carbocycles. The van der Waals surface area contributed by atoms with Crippen molar-refractivity contribution < 1.29 is 9.84 Å². The molecule has 0 radical (unpaired) electrons. The summed E-state index contributed by atoms with van der Waals surface area (Å²) >= 11 is 0. The van der Waals surface area contributed by atoms with Crippen molar-refractivity contribution in [2.75, 3.05) is 6.61 Å². The summed E-state index contributed by atoms with van der Waals surface area (Å²) in [5.74, 6) is 0.322. The molecule has 0 bridgehead atoms. The van der Waals surface area contributed by atoms with Gasteiger partial charge in [0.1, 0.15) is 5.75 Å². The fourth-order valence-electron chi connectivity index (χ4n) is 0.546. The summed E-state index contributed by atoms with van der Waals surface area (Å²) in [5, 5.41) is 8.63. The summed E-state index contributed by atoms with van der Waals surface area (Å²) in [5.41, 5.74) is 0. The van der Waals surface area contributed by atoms with E-state index in [1.54, 1.807) is 24.3 Å². The van der Waals surface area contributed by atoms with Crippen LogP contribution in [0.2, 0.25) is 0 Å². The van der Waals surface area contributed by atoms with Gasteiger partial charge in [0.25, 0.3) is 0 Å². The highest BCUT2D eigenvalue weighted by Crippen LogP contribution is 2.02. The zero-order valence-corrected chi connectivity index (χ0v) is 7.23. The van der Waals surface area contributed by atoms with Gasteiger partial charge in [0, 0.05) is 0 Å². The molecule has 0 aliphatic carbocycles. The first-order chi connectivity index (χ1) is 5.81. The minimum atomic E-state index is 0.322. The Bertz CT molecular complexity index is 194. The van der Waals surface area contributed by atoms with Crippen molar-refractivity contribution >= 4 is 0 Å². The minimum absolute atomic E-state index is 0.322. The molecule has 1 rings (SSSR count). The van der Waals surface area contributed by atoms with E-state index in [9.17, 15) is 0 Å². The molecule has 0 spiro atoms. The molecule has 12 heavy (non-hydrogen) atoms. The van der Waals surface area contributed by atoms with Gasteiger partial charge >= 0.3 is 0 Å². The average molecular weight is 166 g/mol. The van der Waals surface area contributed by atoms with Crippen molar-refractivity contribution in [3.8, 4) is 5.75 Å². The van der Waals surface area contributed by atoms with Crippen molar-refractivity contribution in [2.24, 2.45) is 0 Å². The first-order valence-electron chi connectivity index (χ1n) is 3.77. The van der Waals surface area contributed by atoms with Crippen LogP contribution in [-0.2, 0) is 4.74 Å². The standard InChI is InChI=1S/C6H6O.C4H8O/c7-6-4-2-1-3-5-6;1-3-5-4-2/h1-5,7H;3H,1,4H2,2H3. The van der Waals surface area contributed by atoms with Crippen LogP contribution < -0.4 is 0 Å². The van der Waals surface area contributed by atoms with Gasteiger partial charge < -0.3 is 9.84 Å². The van der Waals surface area contributed by atoms with Crippen molar-refractivity contribution in [3.05, 3.63) is 43.2 Å². The van der Waals surface area contributed by atoms with E-state index < -0.39 is 0 Å². The molecule has 0 aliphatic heterocycles. The molecule has 1 N–H and O–H groups in total. The Labute approximate surface area is 73.1 Å². The topological polar surface area (TPSA) is 29.5 Å². The number of phenolic OH excluding ortho intramolecular Hbond substituents is 1. The molecular weight excluding hydrogens is 152 g/mol. The van der Waals surface area contributed by atoms with Crippen molar-refractivity contribution in [1.29, 1.82) is 0 Å². The van der Waals surface area contributed by atoms with Crippen LogP contribution in [0.4, 0.5) is 0 Å². The molecule has 1 aromatic carbocycles. The molecule has 0 fully saturated rings. The molecule has 2 nitrogen and oxygen atoms in total. The van der Waals surface area contributed by atoms with Gasteiger partial charge in [0.05, 0.1) is 12.9 Å². The summed E-state index contributed by atoms with van der Waals surface area (Å²) in [7, 11) is 0. The normalized spacial score (nSPS) is 7.75. The molecule has 0 atom stereocenters. The Kier molecular flexibility index (Phi) is 6.74. The number of hydrogen-bond acceptors (Lipinski definition) is 2. The number of rotatable bonds is 2. The van der Waals surface area contributed by atoms with E-state index in [1.165, 1.54) is 6.26 Å². The zero-order chi connectivity index (χ0) is 9.23. The smallest absolute Gasteiger partial charge is 0.115 e. The lowest BCUT2D eigenvalue weighted by molar-refractivity contribution is 0.270. The second-order valence-corrected chi connectivity index (χ2v) is 1.96. The second-order valence-electron chi connectivity index (χ2n) is 1.96. The predicted molar refractivity (Wildman–Crippen MR) is 49.9 cm³/mol. The van der Waals surface area contributed by atoms with Gasteiger partial charge in [-0.05, 0) is 19.1 Å². The fourth-order valence-corrected chi connectivity index (χ4v) is 0.546. The van der Waals surface area contributed by atoms with Crippen LogP contribution in [-0.4, -0.2) is 11.7 Å². The number of para-hydroxylation sites is 1. The Morgan fingerprint density at radius 2 is 2.00 bits per heavy atom. The number of benzene rings is 1. The third-order valence-corrected chi connectivity index (χ3v) is 1.04. The maximum Gasteiger partial charge on any atom is 0.115 e. The maximum atomic E-state index is 8.63. The average Bonchev–Trinajstić information content (AvgIpc) is 2.08. The Hall–Kier alpha value is -1.44. The van der Waals surface area contributed by atoms with E-state index in [0.29, 0.717) is 5.75 Å². The monoisotopic (exact) mass is 166 g/mol. The van der Waals surface area contributed by atoms with Crippen molar-refractivity contribution in [1.82, 2.24) is 0 Å². The molecule has 2 heteroatoms. The summed E-state index contributed by atoms with van der Waals surface area (Å²) in [4.78, 5) is 0. The van der Waals surface area contributed by atoms with Gasteiger partial charge in [-0.2, -0.15) is 0 Å². The van der Waals surface area contributed by atoms with Crippen LogP contribution in [0, 0.1) is 0 Å². The number of phenols is 1. The highest BCUT2D eigenvalue weighted by atomic mass is 16.5. The molecule has 0 heterocycles. The second kappa shape index (κ2) is 7.66. The largest absolute Gasteiger partial charge is 0.508 e. The SMILES string of the molecule is C=COCC.Oc1ccccc1. The van der Waals surface area contributed by atoms with E-state index >= 15 is 0 Å². The summed E-state index contributed by atoms with van der Waals surface area (Å²) in [6.07, 6.45) is 1.43. The first kappa shape index (κ1) is 10.6. The lowest BCUT2D eigenvalue weighted by Crippen LogP contribution is -1.72. The number of ether oxygens (including phenoxy) is 1. The third-order valence-electron chi connectivity index (χ3n) is 1.04. The van der Waals surface area contributed by atoms with Crippen LogP contribution >= 0.6 is 0 Å². The summed E-state index contributed by atoms with van der Waals surface area (Å²) < 4.78 is 4.60. The highest BCUT2D eigenvalue weighted by Gasteiger charge is 1.74. The molecule has 0 saturated heterocycles. The zero-order valence-electron chi connectivity index (χ0n) is 7.23. The molecule has 0 aromatic heterocycles. The van der Waals surface area contributed by atoms with Crippen molar-refractivity contribution in [2.45, 2.75) is 6.92 Å². The van der Waals surface area contributed by atoms with E-state index in [1.807, 2.05) is 13.0 Å². The summed E-state index contributed by atoms with van der Waals surface area (Å²) in [6.45, 7) is 5.97. The van der Waals surface area contributed by atoms with E-state index in [-0.39, 0.29) is 0 Å². The number of aromatic hydroxyl groups is 1. The highest BCUT2D eigenvalue weighted by molar-refractivity contribution is 5.18. The fraction of sp³-hybridized carbons (Fsp3) is 0.200. The Morgan fingerprint density at radius 1 is 1.42 bits per heavy atom. The lowest BCUT2D eigenvalue weighted by atomic mass is 10.3. The van der Waals surface area contributed by atoms with Gasteiger partial charge in [-0.1, -0.05) is 24.8 Å². The number of hydrogen-bond donors (Lipinski definition) is 1. The molecular formula is C10H14O2. The minimum Gasteiger partial charge on any atom is -0.508 e. The Morgan fingerprint density at radius 3 is 2.17 bits per heavy atom. The predicted octanol–water partition coefficient (Wildman–Crippen LogP) is 2.56. The van der Waals surface area contributed by atoms with Gasteiger partial charge in [0.2, 0.25) is 0 Å². The van der Waals surface area contributed by atoms with Gasteiger partial charge in [-0.3, -0.25) is 0 Å². The van der Waals surface area contributed by atoms with Gasteiger partial charge in [-0.25, -0.2) is 0 Å². The molecule has 0 aliphatic rings. The van der Waals surface area contributed by atoms with Crippen LogP contribution in [0.5, 0.6) is 5.75 Å². The van der Waals surface area contributed by atoms with Crippen LogP contribution in [0.25, 0.3) is 0 Å². The first-order valence-corrected chi connectivity index (χ1v) is 3.77. The van der Waals surface area contributed by atoms with E-state index in [2.05, 4.69) is 11.3 Å². The molecule has 1 aromatic rings. The van der Waals surface area contributed by atoms with Crippen LogP contribution in [0.15, 0.2) is 43.2 Å². The maximum absolute atomic E-state index is 8.63. The van der Waals surface area contributed by atoms with Crippen LogP contribution in [0.3, 0.4) is 0 Å². The van der Waals surface area contributed by atoms with Crippen LogP contribution in [0.1, 0.15) is 6.92 Å². The van der Waals surface area contributed by atoms with Gasteiger partial charge in [0.15, 0.2) is 0 Å². The quantitative estimate of drug-likeness (QED) is 0.684. The van der Waals surface area contributed by atoms with Crippen molar-refractivity contribution in [3.63, 3.8) is 0 Å². The lowest BCUT2D eigenvalue weighted by Gasteiger charge is -1.84.